The van der Waals surface area contributed by atoms with Gasteiger partial charge in [-0.15, -0.1) is 0 Å². The SMILES string of the molecule is CCOC(=O)C1CCN(C(=O)Cc2cc(-c3ccc(F)cc3F)on2)CC1. The Kier molecular flexibility index (Phi) is 5.83. The van der Waals surface area contributed by atoms with Gasteiger partial charge in [-0.2, -0.15) is 0 Å². The average Bonchev–Trinajstić information content (AvgIpc) is 3.10. The van der Waals surface area contributed by atoms with Crippen LogP contribution >= 0.6 is 0 Å². The van der Waals surface area contributed by atoms with Crippen LogP contribution in [0.1, 0.15) is 25.5 Å². The predicted molar refractivity (Wildman–Crippen MR) is 91.5 cm³/mol. The lowest BCUT2D eigenvalue weighted by atomic mass is 9.96. The van der Waals surface area contributed by atoms with E-state index in [2.05, 4.69) is 5.16 Å². The van der Waals surface area contributed by atoms with Crippen molar-refractivity contribution in [3.05, 3.63) is 41.6 Å². The second-order valence-electron chi connectivity index (χ2n) is 6.39. The highest BCUT2D eigenvalue weighted by atomic mass is 19.1. The van der Waals surface area contributed by atoms with E-state index in [0.717, 1.165) is 12.1 Å². The highest BCUT2D eigenvalue weighted by Gasteiger charge is 2.28. The zero-order valence-electron chi connectivity index (χ0n) is 14.9. The number of rotatable bonds is 5. The molecule has 0 spiro atoms. The van der Waals surface area contributed by atoms with E-state index in [1.807, 2.05) is 0 Å². The Hall–Kier alpha value is -2.77. The largest absolute Gasteiger partial charge is 0.466 e. The van der Waals surface area contributed by atoms with Crippen molar-refractivity contribution in [1.29, 1.82) is 0 Å². The monoisotopic (exact) mass is 378 g/mol. The summed E-state index contributed by atoms with van der Waals surface area (Å²) in [7, 11) is 0. The summed E-state index contributed by atoms with van der Waals surface area (Å²) in [6, 6.07) is 4.62. The van der Waals surface area contributed by atoms with Crippen LogP contribution in [0.5, 0.6) is 0 Å². The highest BCUT2D eigenvalue weighted by molar-refractivity contribution is 5.79. The van der Waals surface area contributed by atoms with Gasteiger partial charge in [-0.3, -0.25) is 9.59 Å². The predicted octanol–water partition coefficient (Wildman–Crippen LogP) is 2.96. The molecular formula is C19H20F2N2O4. The van der Waals surface area contributed by atoms with Crippen molar-refractivity contribution >= 4 is 11.9 Å². The molecule has 0 N–H and O–H groups in total. The Bertz CT molecular complexity index is 829. The minimum Gasteiger partial charge on any atom is -0.466 e. The summed E-state index contributed by atoms with van der Waals surface area (Å²) in [6.07, 6.45) is 1.14. The number of aromatic nitrogens is 1. The number of esters is 1. The van der Waals surface area contributed by atoms with Crippen LogP contribution in [0.4, 0.5) is 8.78 Å². The lowest BCUT2D eigenvalue weighted by molar-refractivity contribution is -0.151. The molecule has 1 amide bonds. The number of benzene rings is 1. The van der Waals surface area contributed by atoms with Crippen LogP contribution < -0.4 is 0 Å². The van der Waals surface area contributed by atoms with Gasteiger partial charge in [-0.05, 0) is 31.9 Å². The molecule has 1 aliphatic rings. The first-order valence-electron chi connectivity index (χ1n) is 8.83. The molecule has 1 aliphatic heterocycles. The Labute approximate surface area is 155 Å². The summed E-state index contributed by atoms with van der Waals surface area (Å²) < 4.78 is 36.9. The molecule has 2 heterocycles. The van der Waals surface area contributed by atoms with Crippen LogP contribution in [-0.2, 0) is 20.7 Å². The molecule has 8 heteroatoms. The first kappa shape index (κ1) is 19.0. The highest BCUT2D eigenvalue weighted by Crippen LogP contribution is 2.25. The van der Waals surface area contributed by atoms with Gasteiger partial charge in [0.05, 0.1) is 30.2 Å². The lowest BCUT2D eigenvalue weighted by Gasteiger charge is -2.30. The summed E-state index contributed by atoms with van der Waals surface area (Å²) >= 11 is 0. The third-order valence-electron chi connectivity index (χ3n) is 4.56. The summed E-state index contributed by atoms with van der Waals surface area (Å²) in [5, 5.41) is 3.80. The molecule has 0 bridgehead atoms. The van der Waals surface area contributed by atoms with E-state index in [1.165, 1.54) is 12.1 Å². The number of hydrogen-bond donors (Lipinski definition) is 0. The number of halogens is 2. The fourth-order valence-electron chi connectivity index (χ4n) is 3.10. The van der Waals surface area contributed by atoms with Gasteiger partial charge in [-0.25, -0.2) is 8.78 Å². The molecule has 1 saturated heterocycles. The molecule has 0 aliphatic carbocycles. The number of hydrogen-bond acceptors (Lipinski definition) is 5. The molecule has 27 heavy (non-hydrogen) atoms. The quantitative estimate of drug-likeness (QED) is 0.748. The van der Waals surface area contributed by atoms with E-state index in [0.29, 0.717) is 38.2 Å². The van der Waals surface area contributed by atoms with Crippen LogP contribution in [0.25, 0.3) is 11.3 Å². The molecule has 1 aromatic carbocycles. The molecule has 3 rings (SSSR count). The third-order valence-corrected chi connectivity index (χ3v) is 4.56. The van der Waals surface area contributed by atoms with Gasteiger partial charge in [0.2, 0.25) is 5.91 Å². The Morgan fingerprint density at radius 1 is 1.26 bits per heavy atom. The fraction of sp³-hybridized carbons (Fsp3) is 0.421. The van der Waals surface area contributed by atoms with Crippen LogP contribution in [0.3, 0.4) is 0 Å². The number of ether oxygens (including phenoxy) is 1. The Balaban J connectivity index is 1.58. The van der Waals surface area contributed by atoms with Crippen molar-refractivity contribution in [3.8, 4) is 11.3 Å². The first-order valence-corrected chi connectivity index (χ1v) is 8.83. The first-order chi connectivity index (χ1) is 13.0. The molecule has 0 radical (unpaired) electrons. The zero-order valence-corrected chi connectivity index (χ0v) is 14.9. The van der Waals surface area contributed by atoms with E-state index in [-0.39, 0.29) is 35.5 Å². The molecular weight excluding hydrogens is 358 g/mol. The second-order valence-corrected chi connectivity index (χ2v) is 6.39. The van der Waals surface area contributed by atoms with Crippen molar-refractivity contribution < 1.29 is 27.6 Å². The fourth-order valence-corrected chi connectivity index (χ4v) is 3.10. The van der Waals surface area contributed by atoms with Crippen molar-refractivity contribution in [1.82, 2.24) is 10.1 Å². The number of likely N-dealkylation sites (tertiary alicyclic amines) is 1. The minimum absolute atomic E-state index is 0.0103. The molecule has 144 valence electrons. The maximum atomic E-state index is 13.8. The zero-order chi connectivity index (χ0) is 19.4. The van der Waals surface area contributed by atoms with E-state index in [9.17, 15) is 18.4 Å². The van der Waals surface area contributed by atoms with Gasteiger partial charge >= 0.3 is 5.97 Å². The summed E-state index contributed by atoms with van der Waals surface area (Å²) in [4.78, 5) is 25.9. The number of nitrogens with zero attached hydrogens (tertiary/aromatic N) is 2. The van der Waals surface area contributed by atoms with E-state index in [1.54, 1.807) is 11.8 Å². The third kappa shape index (κ3) is 4.50. The topological polar surface area (TPSA) is 72.6 Å². The molecule has 1 aromatic heterocycles. The number of carbonyl (C=O) groups is 2. The minimum atomic E-state index is -0.759. The number of amides is 1. The van der Waals surface area contributed by atoms with Gasteiger partial charge in [-0.1, -0.05) is 5.16 Å². The van der Waals surface area contributed by atoms with Crippen molar-refractivity contribution in [2.45, 2.75) is 26.2 Å². The van der Waals surface area contributed by atoms with Crippen molar-refractivity contribution in [3.63, 3.8) is 0 Å². The summed E-state index contributed by atoms with van der Waals surface area (Å²) in [5.74, 6) is -1.84. The van der Waals surface area contributed by atoms with Gasteiger partial charge in [0.25, 0.3) is 0 Å². The summed E-state index contributed by atoms with van der Waals surface area (Å²) in [5.41, 5.74) is 0.448. The molecule has 0 saturated carbocycles. The van der Waals surface area contributed by atoms with Crippen LogP contribution in [0.15, 0.2) is 28.8 Å². The van der Waals surface area contributed by atoms with Crippen LogP contribution in [-0.4, -0.2) is 41.6 Å². The maximum absolute atomic E-state index is 13.8. The van der Waals surface area contributed by atoms with E-state index < -0.39 is 11.6 Å². The van der Waals surface area contributed by atoms with Gasteiger partial charge in [0.15, 0.2) is 5.76 Å². The molecule has 0 unspecified atom stereocenters. The Morgan fingerprint density at radius 3 is 2.67 bits per heavy atom. The number of piperidine rings is 1. The Morgan fingerprint density at radius 2 is 2.00 bits per heavy atom. The maximum Gasteiger partial charge on any atom is 0.309 e. The second kappa shape index (κ2) is 8.28. The van der Waals surface area contributed by atoms with Gasteiger partial charge in [0, 0.05) is 25.2 Å². The van der Waals surface area contributed by atoms with Gasteiger partial charge in [0.1, 0.15) is 11.6 Å². The van der Waals surface area contributed by atoms with E-state index in [4.69, 9.17) is 9.26 Å². The van der Waals surface area contributed by atoms with Gasteiger partial charge < -0.3 is 14.2 Å². The van der Waals surface area contributed by atoms with Crippen molar-refractivity contribution in [2.24, 2.45) is 5.92 Å². The van der Waals surface area contributed by atoms with Crippen molar-refractivity contribution in [2.75, 3.05) is 19.7 Å². The summed E-state index contributed by atoms with van der Waals surface area (Å²) in [6.45, 7) is 3.06. The number of carbonyl (C=O) groups excluding carboxylic acids is 2. The normalized spacial score (nSPS) is 15.0. The molecule has 1 fully saturated rings. The molecule has 0 atom stereocenters. The van der Waals surface area contributed by atoms with Crippen LogP contribution in [0.2, 0.25) is 0 Å². The standard InChI is InChI=1S/C19H20F2N2O4/c1-2-26-19(25)12-5-7-23(8-6-12)18(24)11-14-10-17(27-22-14)15-4-3-13(20)9-16(15)21/h3-4,9-10,12H,2,5-8,11H2,1H3. The van der Waals surface area contributed by atoms with Crippen LogP contribution in [0, 0.1) is 17.6 Å². The average molecular weight is 378 g/mol. The lowest BCUT2D eigenvalue weighted by Crippen LogP contribution is -2.41. The molecule has 2 aromatic rings. The molecule has 6 nitrogen and oxygen atoms in total. The smallest absolute Gasteiger partial charge is 0.309 e. The van der Waals surface area contributed by atoms with E-state index >= 15 is 0 Å².